The lowest BCUT2D eigenvalue weighted by atomic mass is 9.96. The number of nitrogens with one attached hydrogen (secondary N) is 1. The Bertz CT molecular complexity index is 942. The summed E-state index contributed by atoms with van der Waals surface area (Å²) in [7, 11) is 1.67. The van der Waals surface area contributed by atoms with E-state index >= 15 is 0 Å². The molecule has 2 heterocycles. The fourth-order valence-corrected chi connectivity index (χ4v) is 3.99. The maximum absolute atomic E-state index is 5.26. The number of ether oxygens (including phenoxy) is 1. The molecule has 0 amide bonds. The quantitative estimate of drug-likeness (QED) is 0.698. The summed E-state index contributed by atoms with van der Waals surface area (Å²) in [6.07, 6.45) is 8.12. The molecule has 0 radical (unpaired) electrons. The van der Waals surface area contributed by atoms with Crippen LogP contribution in [-0.4, -0.2) is 32.9 Å². The molecule has 1 aromatic carbocycles. The molecule has 146 valence electrons. The minimum absolute atomic E-state index is 0.480. The standard InChI is InChI=1S/C22H27N5O/c1-15-21(16(2)27(26-15)18-9-11-19(28-3)12-10-18)20-13-14-23-22(25-20)24-17-7-5-4-6-8-17/h9-14,17H,4-8H2,1-3H3,(H,23,24,25). The monoisotopic (exact) mass is 377 g/mol. The molecule has 3 aromatic rings. The number of hydrogen-bond donors (Lipinski definition) is 1. The average molecular weight is 377 g/mol. The Balaban J connectivity index is 1.63. The molecule has 0 aliphatic heterocycles. The van der Waals surface area contributed by atoms with Crippen molar-refractivity contribution in [2.75, 3.05) is 12.4 Å². The van der Waals surface area contributed by atoms with Crippen LogP contribution in [0, 0.1) is 13.8 Å². The lowest BCUT2D eigenvalue weighted by Gasteiger charge is -2.22. The van der Waals surface area contributed by atoms with Gasteiger partial charge < -0.3 is 10.1 Å². The van der Waals surface area contributed by atoms with E-state index in [1.165, 1.54) is 32.1 Å². The lowest BCUT2D eigenvalue weighted by Crippen LogP contribution is -2.23. The van der Waals surface area contributed by atoms with Crippen molar-refractivity contribution >= 4 is 5.95 Å². The Labute approximate surface area is 166 Å². The Morgan fingerprint density at radius 3 is 2.50 bits per heavy atom. The van der Waals surface area contributed by atoms with Gasteiger partial charge in [-0.15, -0.1) is 0 Å². The molecule has 1 N–H and O–H groups in total. The van der Waals surface area contributed by atoms with Gasteiger partial charge in [-0.05, 0) is 57.0 Å². The van der Waals surface area contributed by atoms with Gasteiger partial charge in [-0.25, -0.2) is 14.6 Å². The van der Waals surface area contributed by atoms with Crippen LogP contribution in [0.4, 0.5) is 5.95 Å². The summed E-state index contributed by atoms with van der Waals surface area (Å²) in [6.45, 7) is 4.11. The molecular weight excluding hydrogens is 350 g/mol. The van der Waals surface area contributed by atoms with Crippen LogP contribution in [0.5, 0.6) is 5.75 Å². The van der Waals surface area contributed by atoms with Gasteiger partial charge in [0.05, 0.1) is 29.9 Å². The minimum Gasteiger partial charge on any atom is -0.497 e. The van der Waals surface area contributed by atoms with E-state index in [0.717, 1.165) is 34.1 Å². The van der Waals surface area contributed by atoms with E-state index in [0.29, 0.717) is 12.0 Å². The lowest BCUT2D eigenvalue weighted by molar-refractivity contribution is 0.414. The van der Waals surface area contributed by atoms with Crippen LogP contribution in [0.2, 0.25) is 0 Å². The van der Waals surface area contributed by atoms with Crippen molar-refractivity contribution in [3.63, 3.8) is 0 Å². The highest BCUT2D eigenvalue weighted by atomic mass is 16.5. The van der Waals surface area contributed by atoms with Crippen LogP contribution in [0.1, 0.15) is 43.5 Å². The summed E-state index contributed by atoms with van der Waals surface area (Å²) in [6, 6.07) is 10.4. The van der Waals surface area contributed by atoms with Gasteiger partial charge in [-0.3, -0.25) is 0 Å². The van der Waals surface area contributed by atoms with Gasteiger partial charge in [-0.1, -0.05) is 19.3 Å². The summed E-state index contributed by atoms with van der Waals surface area (Å²) in [5.41, 5.74) is 4.98. The molecule has 0 bridgehead atoms. The van der Waals surface area contributed by atoms with Gasteiger partial charge in [0.2, 0.25) is 5.95 Å². The second-order valence-corrected chi connectivity index (χ2v) is 7.40. The molecule has 0 unspecified atom stereocenters. The maximum Gasteiger partial charge on any atom is 0.223 e. The van der Waals surface area contributed by atoms with Crippen molar-refractivity contribution < 1.29 is 4.74 Å². The number of hydrogen-bond acceptors (Lipinski definition) is 5. The highest BCUT2D eigenvalue weighted by Gasteiger charge is 2.18. The third-order valence-corrected chi connectivity index (χ3v) is 5.46. The van der Waals surface area contributed by atoms with Gasteiger partial charge in [0.15, 0.2) is 0 Å². The number of rotatable bonds is 5. The Kier molecular flexibility index (Phi) is 5.28. The van der Waals surface area contributed by atoms with Gasteiger partial charge in [-0.2, -0.15) is 5.10 Å². The zero-order valence-electron chi connectivity index (χ0n) is 16.8. The molecule has 1 aliphatic carbocycles. The fraction of sp³-hybridized carbons (Fsp3) is 0.409. The molecule has 0 saturated heterocycles. The number of aromatic nitrogens is 4. The largest absolute Gasteiger partial charge is 0.497 e. The van der Waals surface area contributed by atoms with Crippen LogP contribution in [0.25, 0.3) is 16.9 Å². The van der Waals surface area contributed by atoms with Crippen LogP contribution in [0.15, 0.2) is 36.5 Å². The molecule has 1 saturated carbocycles. The molecule has 0 atom stereocenters. The molecule has 6 heteroatoms. The molecule has 1 fully saturated rings. The van der Waals surface area contributed by atoms with E-state index < -0.39 is 0 Å². The van der Waals surface area contributed by atoms with Crippen molar-refractivity contribution in [2.24, 2.45) is 0 Å². The first-order valence-corrected chi connectivity index (χ1v) is 9.96. The van der Waals surface area contributed by atoms with E-state index in [1.807, 2.05) is 48.1 Å². The van der Waals surface area contributed by atoms with Crippen molar-refractivity contribution in [1.82, 2.24) is 19.7 Å². The molecule has 0 spiro atoms. The molecule has 1 aliphatic rings. The van der Waals surface area contributed by atoms with Crippen LogP contribution in [0.3, 0.4) is 0 Å². The van der Waals surface area contributed by atoms with E-state index in [9.17, 15) is 0 Å². The minimum atomic E-state index is 0.480. The van der Waals surface area contributed by atoms with E-state index in [2.05, 4.69) is 17.2 Å². The Hall–Kier alpha value is -2.89. The number of anilines is 1. The van der Waals surface area contributed by atoms with Crippen molar-refractivity contribution in [1.29, 1.82) is 0 Å². The highest BCUT2D eigenvalue weighted by molar-refractivity contribution is 5.66. The molecule has 28 heavy (non-hydrogen) atoms. The predicted molar refractivity (Wildman–Crippen MR) is 111 cm³/mol. The molecule has 2 aromatic heterocycles. The summed E-state index contributed by atoms with van der Waals surface area (Å²) in [5, 5.41) is 8.27. The number of aryl methyl sites for hydroxylation is 1. The van der Waals surface area contributed by atoms with E-state index in [4.69, 9.17) is 14.8 Å². The summed E-state index contributed by atoms with van der Waals surface area (Å²) >= 11 is 0. The van der Waals surface area contributed by atoms with Gasteiger partial charge in [0, 0.05) is 17.8 Å². The van der Waals surface area contributed by atoms with Crippen LogP contribution in [-0.2, 0) is 0 Å². The summed E-state index contributed by atoms with van der Waals surface area (Å²) in [4.78, 5) is 9.24. The first kappa shape index (κ1) is 18.5. The first-order valence-electron chi connectivity index (χ1n) is 9.96. The Morgan fingerprint density at radius 1 is 1.04 bits per heavy atom. The predicted octanol–water partition coefficient (Wildman–Crippen LogP) is 4.70. The van der Waals surface area contributed by atoms with Gasteiger partial charge >= 0.3 is 0 Å². The maximum atomic E-state index is 5.26. The Morgan fingerprint density at radius 2 is 1.79 bits per heavy atom. The first-order chi connectivity index (χ1) is 13.7. The molecular formula is C22H27N5O. The number of benzene rings is 1. The second kappa shape index (κ2) is 8.00. The number of methoxy groups -OCH3 is 1. The van der Waals surface area contributed by atoms with Crippen LogP contribution >= 0.6 is 0 Å². The highest BCUT2D eigenvalue weighted by Crippen LogP contribution is 2.29. The molecule has 4 rings (SSSR count). The van der Waals surface area contributed by atoms with E-state index in [1.54, 1.807) is 7.11 Å². The zero-order valence-corrected chi connectivity index (χ0v) is 16.8. The number of nitrogens with zero attached hydrogens (tertiary/aromatic N) is 4. The van der Waals surface area contributed by atoms with Crippen molar-refractivity contribution in [3.05, 3.63) is 47.9 Å². The van der Waals surface area contributed by atoms with Gasteiger partial charge in [0.25, 0.3) is 0 Å². The van der Waals surface area contributed by atoms with Crippen molar-refractivity contribution in [2.45, 2.75) is 52.0 Å². The molecule has 6 nitrogen and oxygen atoms in total. The average Bonchev–Trinajstić information content (AvgIpc) is 3.03. The van der Waals surface area contributed by atoms with E-state index in [-0.39, 0.29) is 0 Å². The smallest absolute Gasteiger partial charge is 0.223 e. The third kappa shape index (κ3) is 3.72. The van der Waals surface area contributed by atoms with Crippen molar-refractivity contribution in [3.8, 4) is 22.7 Å². The topological polar surface area (TPSA) is 64.9 Å². The zero-order chi connectivity index (χ0) is 19.5. The SMILES string of the molecule is COc1ccc(-n2nc(C)c(-c3ccnc(NC4CCCCC4)n3)c2C)cc1. The normalized spacial score (nSPS) is 14.8. The summed E-state index contributed by atoms with van der Waals surface area (Å²) < 4.78 is 7.21. The summed E-state index contributed by atoms with van der Waals surface area (Å²) in [5.74, 6) is 1.54. The fourth-order valence-electron chi connectivity index (χ4n) is 3.99. The van der Waals surface area contributed by atoms with Crippen LogP contribution < -0.4 is 10.1 Å². The third-order valence-electron chi connectivity index (χ3n) is 5.46. The van der Waals surface area contributed by atoms with Gasteiger partial charge in [0.1, 0.15) is 5.75 Å². The second-order valence-electron chi connectivity index (χ2n) is 7.40.